The number of methoxy groups -OCH3 is 2. The van der Waals surface area contributed by atoms with Crippen molar-refractivity contribution in [3.63, 3.8) is 0 Å². The number of halogens is 4. The highest BCUT2D eigenvalue weighted by Gasteiger charge is 2.38. The minimum atomic E-state index is -4.77. The first-order chi connectivity index (χ1) is 24.5. The van der Waals surface area contributed by atoms with Crippen molar-refractivity contribution >= 4 is 23.4 Å². The number of ether oxygens (including phenoxy) is 2. The summed E-state index contributed by atoms with van der Waals surface area (Å²) in [6.45, 7) is 1.99. The Morgan fingerprint density at radius 1 is 0.843 bits per heavy atom. The molecule has 2 aliphatic rings. The van der Waals surface area contributed by atoms with E-state index in [-0.39, 0.29) is 57.2 Å². The maximum Gasteiger partial charge on any atom is 0.417 e. The fourth-order valence-corrected chi connectivity index (χ4v) is 6.86. The molecule has 4 aromatic rings. The fraction of sp³-hybridized carbons (Fsp3) is 0.351. The zero-order valence-corrected chi connectivity index (χ0v) is 28.9. The lowest BCUT2D eigenvalue weighted by Gasteiger charge is -2.20. The molecule has 14 heteroatoms. The Morgan fingerprint density at radius 2 is 1.49 bits per heavy atom. The van der Waals surface area contributed by atoms with Gasteiger partial charge in [0.05, 0.1) is 36.2 Å². The Hall–Kier alpha value is -4.72. The third-order valence-electron chi connectivity index (χ3n) is 9.08. The van der Waals surface area contributed by atoms with E-state index in [1.54, 1.807) is 18.2 Å². The first-order valence-corrected chi connectivity index (χ1v) is 17.0. The minimum Gasteiger partial charge on any atom is -0.496 e. The zero-order chi connectivity index (χ0) is 36.1. The molecule has 0 bridgehead atoms. The molecule has 268 valence electrons. The lowest BCUT2D eigenvalue weighted by Crippen LogP contribution is -2.35. The maximum absolute atomic E-state index is 15.0. The Bertz CT molecular complexity index is 1920. The van der Waals surface area contributed by atoms with Crippen LogP contribution in [-0.4, -0.2) is 61.2 Å². The second-order valence-corrected chi connectivity index (χ2v) is 12.9. The highest BCUT2D eigenvalue weighted by Crippen LogP contribution is 2.46. The summed E-state index contributed by atoms with van der Waals surface area (Å²) < 4.78 is 56.1. The molecule has 4 heterocycles. The molecule has 0 unspecified atom stereocenters. The SMILES string of the molecule is COc1cc(-c2nccc(-c3cccc(-c4ccc(CNC[C@H]5CCC(=O)N5)c(OC)n4)c3C(F)(F)F)c2Cl)ccc1CNC[C@H]1CCC(=O)N1. The Morgan fingerprint density at radius 3 is 2.10 bits per heavy atom. The summed E-state index contributed by atoms with van der Waals surface area (Å²) in [4.78, 5) is 31.9. The number of nitrogens with one attached hydrogen (secondary N) is 4. The van der Waals surface area contributed by atoms with Crippen molar-refractivity contribution in [2.45, 2.75) is 57.0 Å². The van der Waals surface area contributed by atoms with Crippen LogP contribution in [0.25, 0.3) is 33.6 Å². The van der Waals surface area contributed by atoms with Crippen LogP contribution < -0.4 is 30.7 Å². The van der Waals surface area contributed by atoms with E-state index in [1.165, 1.54) is 50.7 Å². The molecule has 2 amide bonds. The molecule has 6 rings (SSSR count). The number of benzene rings is 2. The number of nitrogens with zero attached hydrogens (tertiary/aromatic N) is 2. The smallest absolute Gasteiger partial charge is 0.417 e. The first-order valence-electron chi connectivity index (χ1n) is 16.6. The largest absolute Gasteiger partial charge is 0.496 e. The highest BCUT2D eigenvalue weighted by atomic mass is 35.5. The Kier molecular flexibility index (Phi) is 11.1. The molecule has 4 N–H and O–H groups in total. The number of hydrogen-bond acceptors (Lipinski definition) is 8. The predicted molar refractivity (Wildman–Crippen MR) is 187 cm³/mol. The van der Waals surface area contributed by atoms with Crippen molar-refractivity contribution in [3.05, 3.63) is 82.5 Å². The van der Waals surface area contributed by atoms with E-state index in [0.29, 0.717) is 61.6 Å². The van der Waals surface area contributed by atoms with Crippen LogP contribution in [0.5, 0.6) is 11.6 Å². The molecule has 2 aromatic heterocycles. The molecule has 0 saturated carbocycles. The van der Waals surface area contributed by atoms with Crippen LogP contribution in [0.4, 0.5) is 13.2 Å². The maximum atomic E-state index is 15.0. The molecule has 2 fully saturated rings. The molecule has 10 nitrogen and oxygen atoms in total. The monoisotopic (exact) mass is 722 g/mol. The van der Waals surface area contributed by atoms with Gasteiger partial charge in [0.25, 0.3) is 0 Å². The van der Waals surface area contributed by atoms with Crippen LogP contribution >= 0.6 is 11.6 Å². The van der Waals surface area contributed by atoms with Crippen LogP contribution in [0, 0.1) is 0 Å². The number of amides is 2. The second kappa shape index (κ2) is 15.7. The second-order valence-electron chi connectivity index (χ2n) is 12.5. The fourth-order valence-electron chi connectivity index (χ4n) is 6.54. The van der Waals surface area contributed by atoms with Gasteiger partial charge in [0.2, 0.25) is 17.7 Å². The van der Waals surface area contributed by atoms with E-state index in [1.807, 2.05) is 6.07 Å². The normalized spacial score (nSPS) is 17.4. The van der Waals surface area contributed by atoms with Gasteiger partial charge in [0, 0.05) is 85.1 Å². The number of alkyl halides is 3. The molecule has 0 spiro atoms. The lowest BCUT2D eigenvalue weighted by atomic mass is 9.92. The number of pyridine rings is 2. The third-order valence-corrected chi connectivity index (χ3v) is 9.46. The lowest BCUT2D eigenvalue weighted by molar-refractivity contribution is -0.136. The van der Waals surface area contributed by atoms with E-state index in [0.717, 1.165) is 18.4 Å². The van der Waals surface area contributed by atoms with Gasteiger partial charge in [-0.15, -0.1) is 0 Å². The average Bonchev–Trinajstić information content (AvgIpc) is 3.74. The zero-order valence-electron chi connectivity index (χ0n) is 28.1. The van der Waals surface area contributed by atoms with Crippen molar-refractivity contribution < 1.29 is 32.2 Å². The molecule has 0 radical (unpaired) electrons. The van der Waals surface area contributed by atoms with Gasteiger partial charge in [-0.2, -0.15) is 13.2 Å². The molecule has 2 aliphatic heterocycles. The standard InChI is InChI=1S/C37H38ClF3N6O4/c1-50-30-16-21(6-7-22(30)17-42-19-24-9-12-31(48)45-24)35-34(38)27(14-15-44-35)26-4-3-5-28(33(26)37(39,40)41)29-11-8-23(36(47-29)51-2)18-43-20-25-10-13-32(49)46-25/h3-8,11,14-16,24-25,42-43H,9-10,12-13,17-20H2,1-2H3,(H,45,48)(H,46,49)/t24-,25-/m1/s1. The van der Waals surface area contributed by atoms with Gasteiger partial charge in [-0.1, -0.05) is 48.0 Å². The van der Waals surface area contributed by atoms with Crippen molar-refractivity contribution in [2.24, 2.45) is 0 Å². The summed E-state index contributed by atoms with van der Waals surface area (Å²) in [6.07, 6.45) is -0.807. The third kappa shape index (κ3) is 8.27. The van der Waals surface area contributed by atoms with Crippen molar-refractivity contribution in [2.75, 3.05) is 27.3 Å². The molecule has 2 atom stereocenters. The highest BCUT2D eigenvalue weighted by molar-refractivity contribution is 6.35. The molecular weight excluding hydrogens is 685 g/mol. The number of aromatic nitrogens is 2. The topological polar surface area (TPSA) is 126 Å². The number of carbonyl (C=O) groups excluding carboxylic acids is 2. The van der Waals surface area contributed by atoms with Gasteiger partial charge < -0.3 is 30.7 Å². The first kappa shape index (κ1) is 36.1. The number of rotatable bonds is 13. The van der Waals surface area contributed by atoms with E-state index >= 15 is 13.2 Å². The van der Waals surface area contributed by atoms with Gasteiger partial charge in [0.15, 0.2) is 0 Å². The van der Waals surface area contributed by atoms with Crippen LogP contribution in [0.15, 0.2) is 60.8 Å². The predicted octanol–water partition coefficient (Wildman–Crippen LogP) is 5.90. The van der Waals surface area contributed by atoms with Gasteiger partial charge in [0.1, 0.15) is 5.75 Å². The van der Waals surface area contributed by atoms with E-state index in [4.69, 9.17) is 21.1 Å². The Labute approximate surface area is 298 Å². The number of hydrogen-bond donors (Lipinski definition) is 4. The van der Waals surface area contributed by atoms with Crippen molar-refractivity contribution in [3.8, 4) is 45.3 Å². The van der Waals surface area contributed by atoms with E-state index in [9.17, 15) is 9.59 Å². The van der Waals surface area contributed by atoms with Gasteiger partial charge in [-0.05, 0) is 36.6 Å². The van der Waals surface area contributed by atoms with Crippen LogP contribution in [0.1, 0.15) is 42.4 Å². The van der Waals surface area contributed by atoms with E-state index in [2.05, 4.69) is 31.2 Å². The molecule has 2 aromatic carbocycles. The van der Waals surface area contributed by atoms with Gasteiger partial charge in [-0.3, -0.25) is 14.6 Å². The molecule has 2 saturated heterocycles. The average molecular weight is 723 g/mol. The quantitative estimate of drug-likeness (QED) is 0.134. The molecule has 51 heavy (non-hydrogen) atoms. The van der Waals surface area contributed by atoms with Crippen molar-refractivity contribution in [1.29, 1.82) is 0 Å². The summed E-state index contributed by atoms with van der Waals surface area (Å²) >= 11 is 6.89. The van der Waals surface area contributed by atoms with Gasteiger partial charge >= 0.3 is 6.18 Å². The summed E-state index contributed by atoms with van der Waals surface area (Å²) in [6, 6.07) is 14.5. The van der Waals surface area contributed by atoms with E-state index < -0.39 is 11.7 Å². The number of carbonyl (C=O) groups is 2. The summed E-state index contributed by atoms with van der Waals surface area (Å²) in [5.41, 5.74) is 1.50. The van der Waals surface area contributed by atoms with Crippen LogP contribution in [0.3, 0.4) is 0 Å². The van der Waals surface area contributed by atoms with Gasteiger partial charge in [-0.25, -0.2) is 4.98 Å². The van der Waals surface area contributed by atoms with Crippen molar-refractivity contribution in [1.82, 2.24) is 31.2 Å². The molecule has 0 aliphatic carbocycles. The molecular formula is C37H38ClF3N6O4. The van der Waals surface area contributed by atoms with Crippen LogP contribution in [0.2, 0.25) is 5.02 Å². The minimum absolute atomic E-state index is 0.0179. The summed E-state index contributed by atoms with van der Waals surface area (Å²) in [5, 5.41) is 12.5. The van der Waals surface area contributed by atoms with Crippen LogP contribution in [-0.2, 0) is 28.9 Å². The summed E-state index contributed by atoms with van der Waals surface area (Å²) in [7, 11) is 2.96. The Balaban J connectivity index is 1.28. The summed E-state index contributed by atoms with van der Waals surface area (Å²) in [5.74, 6) is 0.814.